The van der Waals surface area contributed by atoms with Gasteiger partial charge in [0.15, 0.2) is 16.3 Å². The molecule has 0 amide bonds. The Hall–Kier alpha value is -2.61. The summed E-state index contributed by atoms with van der Waals surface area (Å²) in [6.07, 6.45) is 1.30. The molecule has 2 heterocycles. The predicted octanol–water partition coefficient (Wildman–Crippen LogP) is 1.49. The Bertz CT molecular complexity index is 825. The number of benzene rings is 1. The van der Waals surface area contributed by atoms with Crippen LogP contribution in [0.4, 0.5) is 0 Å². The highest BCUT2D eigenvalue weighted by atomic mass is 32.1. The van der Waals surface area contributed by atoms with E-state index in [1.165, 1.54) is 6.21 Å². The Labute approximate surface area is 123 Å². The fraction of sp³-hybridized carbons (Fsp3) is 0.154. The maximum atomic E-state index is 11.6. The summed E-state index contributed by atoms with van der Waals surface area (Å²) in [6, 6.07) is 5.48. The Balaban J connectivity index is 1.79. The van der Waals surface area contributed by atoms with Crippen LogP contribution in [0.5, 0.6) is 17.4 Å². The number of hydrogen-bond acceptors (Lipinski definition) is 6. The number of hydrogen-bond donors (Lipinski definition) is 3. The van der Waals surface area contributed by atoms with Crippen LogP contribution in [0.25, 0.3) is 0 Å². The maximum Gasteiger partial charge on any atom is 0.264 e. The van der Waals surface area contributed by atoms with Crippen LogP contribution in [-0.4, -0.2) is 28.1 Å². The van der Waals surface area contributed by atoms with Crippen molar-refractivity contribution in [3.8, 4) is 17.4 Å². The fourth-order valence-corrected chi connectivity index (χ4v) is 2.07. The number of ether oxygens (including phenoxy) is 2. The van der Waals surface area contributed by atoms with Gasteiger partial charge in [0.25, 0.3) is 5.56 Å². The molecule has 7 nitrogen and oxygen atoms in total. The number of H-pyrrole nitrogens is 2. The van der Waals surface area contributed by atoms with E-state index in [9.17, 15) is 9.90 Å². The molecule has 0 radical (unpaired) electrons. The SMILES string of the molecule is O=c1[nH]c(=S)[nH]c(O)c1C=NCc1ccc2c(c1)OCO2. The molecule has 0 fully saturated rings. The van der Waals surface area contributed by atoms with Crippen molar-refractivity contribution in [2.75, 3.05) is 6.79 Å². The van der Waals surface area contributed by atoms with E-state index in [4.69, 9.17) is 21.7 Å². The molecule has 0 unspecified atom stereocenters. The van der Waals surface area contributed by atoms with Crippen molar-refractivity contribution < 1.29 is 14.6 Å². The topological polar surface area (TPSA) is 99.7 Å². The molecule has 1 aromatic carbocycles. The monoisotopic (exact) mass is 305 g/mol. The number of aliphatic imine (C=N–C) groups is 1. The number of nitrogens with one attached hydrogen (secondary N) is 2. The van der Waals surface area contributed by atoms with Crippen molar-refractivity contribution >= 4 is 18.4 Å². The molecule has 1 aliphatic heterocycles. The first-order chi connectivity index (χ1) is 10.1. The van der Waals surface area contributed by atoms with Crippen LogP contribution in [0.1, 0.15) is 11.1 Å². The zero-order valence-electron chi connectivity index (χ0n) is 10.8. The number of aromatic amines is 2. The molecule has 108 valence electrons. The summed E-state index contributed by atoms with van der Waals surface area (Å²) < 4.78 is 10.5. The molecular formula is C13H11N3O4S. The first-order valence-corrected chi connectivity index (χ1v) is 6.48. The van der Waals surface area contributed by atoms with Crippen LogP contribution in [0.2, 0.25) is 0 Å². The molecule has 0 saturated heterocycles. The van der Waals surface area contributed by atoms with Gasteiger partial charge in [-0.3, -0.25) is 14.8 Å². The number of nitrogens with zero attached hydrogens (tertiary/aromatic N) is 1. The number of aromatic nitrogens is 2. The van der Waals surface area contributed by atoms with Gasteiger partial charge in [0, 0.05) is 6.21 Å². The number of rotatable bonds is 3. The van der Waals surface area contributed by atoms with Crippen LogP contribution in [0.3, 0.4) is 0 Å². The van der Waals surface area contributed by atoms with Crippen molar-refractivity contribution in [2.45, 2.75) is 6.54 Å². The van der Waals surface area contributed by atoms with Crippen molar-refractivity contribution in [1.82, 2.24) is 9.97 Å². The average Bonchev–Trinajstić information content (AvgIpc) is 2.89. The minimum Gasteiger partial charge on any atom is -0.494 e. The van der Waals surface area contributed by atoms with Gasteiger partial charge in [0.1, 0.15) is 5.56 Å². The first-order valence-electron chi connectivity index (χ1n) is 6.07. The zero-order chi connectivity index (χ0) is 14.8. The van der Waals surface area contributed by atoms with Gasteiger partial charge in [-0.25, -0.2) is 0 Å². The summed E-state index contributed by atoms with van der Waals surface area (Å²) >= 11 is 4.74. The largest absolute Gasteiger partial charge is 0.494 e. The van der Waals surface area contributed by atoms with Crippen molar-refractivity contribution in [3.05, 3.63) is 44.5 Å². The van der Waals surface area contributed by atoms with E-state index in [1.807, 2.05) is 12.1 Å². The highest BCUT2D eigenvalue weighted by Crippen LogP contribution is 2.32. The van der Waals surface area contributed by atoms with Gasteiger partial charge in [-0.2, -0.15) is 0 Å². The van der Waals surface area contributed by atoms with Crippen LogP contribution in [0, 0.1) is 4.77 Å². The summed E-state index contributed by atoms with van der Waals surface area (Å²) in [5.74, 6) is 1.07. The molecule has 8 heteroatoms. The lowest BCUT2D eigenvalue weighted by Gasteiger charge is -2.00. The van der Waals surface area contributed by atoms with E-state index >= 15 is 0 Å². The van der Waals surface area contributed by atoms with Crippen molar-refractivity contribution in [3.63, 3.8) is 0 Å². The fourth-order valence-electron chi connectivity index (χ4n) is 1.89. The van der Waals surface area contributed by atoms with Gasteiger partial charge >= 0.3 is 0 Å². The Morgan fingerprint density at radius 3 is 2.95 bits per heavy atom. The second-order valence-electron chi connectivity index (χ2n) is 4.33. The van der Waals surface area contributed by atoms with Crippen LogP contribution < -0.4 is 15.0 Å². The molecule has 1 aromatic heterocycles. The summed E-state index contributed by atoms with van der Waals surface area (Å²) in [6.45, 7) is 0.555. The molecule has 2 aromatic rings. The Kier molecular flexibility index (Phi) is 3.44. The summed E-state index contributed by atoms with van der Waals surface area (Å²) in [5, 5.41) is 9.63. The molecule has 1 aliphatic rings. The van der Waals surface area contributed by atoms with Gasteiger partial charge < -0.3 is 19.6 Å². The van der Waals surface area contributed by atoms with E-state index in [0.717, 1.165) is 5.56 Å². The maximum absolute atomic E-state index is 11.6. The van der Waals surface area contributed by atoms with Crippen LogP contribution in [0.15, 0.2) is 28.0 Å². The highest BCUT2D eigenvalue weighted by molar-refractivity contribution is 7.71. The zero-order valence-corrected chi connectivity index (χ0v) is 11.6. The quantitative estimate of drug-likeness (QED) is 0.589. The van der Waals surface area contributed by atoms with Gasteiger partial charge in [0.05, 0.1) is 6.54 Å². The summed E-state index contributed by atoms with van der Waals surface area (Å²) in [7, 11) is 0. The second kappa shape index (κ2) is 5.41. The predicted molar refractivity (Wildman–Crippen MR) is 77.8 cm³/mol. The first kappa shape index (κ1) is 13.4. The molecule has 0 spiro atoms. The van der Waals surface area contributed by atoms with Gasteiger partial charge in [-0.15, -0.1) is 0 Å². The van der Waals surface area contributed by atoms with E-state index in [0.29, 0.717) is 18.0 Å². The number of aromatic hydroxyl groups is 1. The van der Waals surface area contributed by atoms with E-state index < -0.39 is 5.56 Å². The standard InChI is InChI=1S/C13H11N3O4S/c17-11-8(12(18)16-13(21)15-11)5-14-4-7-1-2-9-10(3-7)20-6-19-9/h1-3,5H,4,6H2,(H3,15,16,17,18,21). The molecule has 0 aliphatic carbocycles. The average molecular weight is 305 g/mol. The van der Waals surface area contributed by atoms with E-state index in [-0.39, 0.29) is 23.0 Å². The summed E-state index contributed by atoms with van der Waals surface area (Å²) in [5.41, 5.74) is 0.435. The normalized spacial score (nSPS) is 13.0. The van der Waals surface area contributed by atoms with Crippen molar-refractivity contribution in [2.24, 2.45) is 4.99 Å². The van der Waals surface area contributed by atoms with E-state index in [1.54, 1.807) is 6.07 Å². The van der Waals surface area contributed by atoms with Crippen molar-refractivity contribution in [1.29, 1.82) is 0 Å². The van der Waals surface area contributed by atoms with Gasteiger partial charge in [-0.05, 0) is 29.9 Å². The lowest BCUT2D eigenvalue weighted by Crippen LogP contribution is -2.13. The smallest absolute Gasteiger partial charge is 0.264 e. The lowest BCUT2D eigenvalue weighted by atomic mass is 10.2. The highest BCUT2D eigenvalue weighted by Gasteiger charge is 2.12. The Morgan fingerprint density at radius 1 is 1.33 bits per heavy atom. The molecule has 3 rings (SSSR count). The molecule has 3 N–H and O–H groups in total. The molecule has 21 heavy (non-hydrogen) atoms. The second-order valence-corrected chi connectivity index (χ2v) is 4.74. The lowest BCUT2D eigenvalue weighted by molar-refractivity contribution is 0.174. The molecular weight excluding hydrogens is 294 g/mol. The van der Waals surface area contributed by atoms with Crippen LogP contribution >= 0.6 is 12.2 Å². The van der Waals surface area contributed by atoms with Gasteiger partial charge in [0.2, 0.25) is 12.7 Å². The summed E-state index contributed by atoms with van der Waals surface area (Å²) in [4.78, 5) is 20.6. The number of fused-ring (bicyclic) bond motifs is 1. The van der Waals surface area contributed by atoms with Crippen LogP contribution in [-0.2, 0) is 6.54 Å². The van der Waals surface area contributed by atoms with E-state index in [2.05, 4.69) is 15.0 Å². The minimum absolute atomic E-state index is 0.0318. The molecule has 0 atom stereocenters. The third kappa shape index (κ3) is 2.79. The van der Waals surface area contributed by atoms with Gasteiger partial charge in [-0.1, -0.05) is 6.07 Å². The minimum atomic E-state index is -0.495. The third-order valence-corrected chi connectivity index (χ3v) is 3.09. The molecule has 0 bridgehead atoms. The Morgan fingerprint density at radius 2 is 2.14 bits per heavy atom. The molecule has 0 saturated carbocycles. The third-order valence-electron chi connectivity index (χ3n) is 2.89.